The van der Waals surface area contributed by atoms with Gasteiger partial charge in [0.1, 0.15) is 0 Å². The number of hydrogen-bond acceptors (Lipinski definition) is 2. The van der Waals surface area contributed by atoms with Crippen LogP contribution in [-0.4, -0.2) is 16.7 Å². The van der Waals surface area contributed by atoms with E-state index in [0.717, 1.165) is 18.5 Å². The molecule has 0 amide bonds. The monoisotopic (exact) mass is 245 g/mol. The second kappa shape index (κ2) is 3.85. The normalized spacial score (nSPS) is 29.7. The van der Waals surface area contributed by atoms with Crippen LogP contribution in [0.3, 0.4) is 0 Å². The Labute approximate surface area is 99.2 Å². The molecule has 0 unspecified atom stereocenters. The predicted molar refractivity (Wildman–Crippen MR) is 63.7 cm³/mol. The molecule has 1 aliphatic rings. The summed E-state index contributed by atoms with van der Waals surface area (Å²) in [5.74, 6) is 0. The molecule has 2 rings (SSSR count). The summed E-state index contributed by atoms with van der Waals surface area (Å²) in [6.07, 6.45) is 1.80. The van der Waals surface area contributed by atoms with Crippen LogP contribution in [0.25, 0.3) is 0 Å². The molecule has 0 aliphatic heterocycles. The molecule has 1 aromatic carbocycles. The highest BCUT2D eigenvalue weighted by Gasteiger charge is 2.40. The summed E-state index contributed by atoms with van der Waals surface area (Å²) >= 11 is 11.8. The Kier molecular flexibility index (Phi) is 2.84. The first kappa shape index (κ1) is 11.1. The van der Waals surface area contributed by atoms with E-state index in [1.54, 1.807) is 6.07 Å². The molecule has 0 aromatic heterocycles. The zero-order valence-corrected chi connectivity index (χ0v) is 9.94. The van der Waals surface area contributed by atoms with Crippen LogP contribution >= 0.6 is 23.2 Å². The summed E-state index contributed by atoms with van der Waals surface area (Å²) in [4.78, 5) is 0. The molecule has 1 aromatic rings. The summed E-state index contributed by atoms with van der Waals surface area (Å²) in [5.41, 5.74) is 0.242. The smallest absolute Gasteiger partial charge is 0.0820 e. The molecule has 0 bridgehead atoms. The Balaban J connectivity index is 2.11. The lowest BCUT2D eigenvalue weighted by Crippen LogP contribution is -2.53. The summed E-state index contributed by atoms with van der Waals surface area (Å²) in [6, 6.07) is 5.39. The number of hydrogen-bond donors (Lipinski definition) is 2. The average Bonchev–Trinajstić information content (AvgIpc) is 2.11. The summed E-state index contributed by atoms with van der Waals surface area (Å²) in [6.45, 7) is 1.83. The Hall–Kier alpha value is -0.440. The van der Waals surface area contributed by atoms with Gasteiger partial charge in [0.2, 0.25) is 0 Å². The molecule has 82 valence electrons. The Morgan fingerprint density at radius 3 is 2.33 bits per heavy atom. The molecular formula is C11H13Cl2NO. The molecule has 1 saturated carbocycles. The van der Waals surface area contributed by atoms with Crippen molar-refractivity contribution in [2.75, 3.05) is 5.32 Å². The van der Waals surface area contributed by atoms with E-state index in [0.29, 0.717) is 10.0 Å². The number of nitrogens with one attached hydrogen (secondary N) is 1. The van der Waals surface area contributed by atoms with Crippen molar-refractivity contribution in [3.05, 3.63) is 28.2 Å². The van der Waals surface area contributed by atoms with Gasteiger partial charge in [-0.05, 0) is 38.0 Å². The second-order valence-corrected chi connectivity index (χ2v) is 5.12. The second-order valence-electron chi connectivity index (χ2n) is 4.25. The van der Waals surface area contributed by atoms with Crippen LogP contribution in [0.5, 0.6) is 0 Å². The first-order chi connectivity index (χ1) is 6.97. The predicted octanol–water partition coefficient (Wildman–Crippen LogP) is 3.32. The maximum absolute atomic E-state index is 9.84. The van der Waals surface area contributed by atoms with E-state index in [1.807, 2.05) is 19.1 Å². The van der Waals surface area contributed by atoms with Gasteiger partial charge in [-0.25, -0.2) is 0 Å². The van der Waals surface area contributed by atoms with Gasteiger partial charge in [-0.1, -0.05) is 23.2 Å². The van der Waals surface area contributed by atoms with Crippen molar-refractivity contribution >= 4 is 28.9 Å². The first-order valence-corrected chi connectivity index (χ1v) is 5.68. The number of aliphatic hydroxyl groups is 1. The van der Waals surface area contributed by atoms with E-state index in [9.17, 15) is 5.11 Å². The zero-order chi connectivity index (χ0) is 11.1. The molecule has 4 heteroatoms. The standard InChI is InChI=1S/C11H13Cl2NO/c1-11(15)3-2-10(11)14-9-5-7(12)4-8(13)6-9/h4-6,10,14-15H,2-3H2,1H3/t10-,11-/m0/s1. The fourth-order valence-corrected chi connectivity index (χ4v) is 2.30. The summed E-state index contributed by atoms with van der Waals surface area (Å²) in [5, 5.41) is 14.3. The van der Waals surface area contributed by atoms with E-state index >= 15 is 0 Å². The van der Waals surface area contributed by atoms with Crippen molar-refractivity contribution < 1.29 is 5.11 Å². The van der Waals surface area contributed by atoms with Crippen LogP contribution in [0.15, 0.2) is 18.2 Å². The molecule has 0 radical (unpaired) electrons. The molecular weight excluding hydrogens is 233 g/mol. The molecule has 2 atom stereocenters. The van der Waals surface area contributed by atoms with E-state index < -0.39 is 5.60 Å². The number of halogens is 2. The summed E-state index contributed by atoms with van der Waals surface area (Å²) < 4.78 is 0. The minimum Gasteiger partial charge on any atom is -0.388 e. The van der Waals surface area contributed by atoms with Crippen molar-refractivity contribution in [1.29, 1.82) is 0 Å². The van der Waals surface area contributed by atoms with Crippen LogP contribution in [-0.2, 0) is 0 Å². The highest BCUT2D eigenvalue weighted by molar-refractivity contribution is 6.35. The molecule has 0 spiro atoms. The summed E-state index contributed by atoms with van der Waals surface area (Å²) in [7, 11) is 0. The van der Waals surface area contributed by atoms with Gasteiger partial charge in [-0.2, -0.15) is 0 Å². The van der Waals surface area contributed by atoms with Gasteiger partial charge >= 0.3 is 0 Å². The van der Waals surface area contributed by atoms with Gasteiger partial charge in [0.25, 0.3) is 0 Å². The SMILES string of the molecule is C[C@]1(O)CC[C@@H]1Nc1cc(Cl)cc(Cl)c1. The van der Waals surface area contributed by atoms with E-state index in [2.05, 4.69) is 5.32 Å². The van der Waals surface area contributed by atoms with Crippen molar-refractivity contribution in [3.8, 4) is 0 Å². The quantitative estimate of drug-likeness (QED) is 0.838. The minimum absolute atomic E-state index is 0.0898. The Morgan fingerprint density at radius 1 is 1.33 bits per heavy atom. The molecule has 1 fully saturated rings. The maximum Gasteiger partial charge on any atom is 0.0820 e. The van der Waals surface area contributed by atoms with Gasteiger partial charge in [0, 0.05) is 15.7 Å². The molecule has 2 nitrogen and oxygen atoms in total. The van der Waals surface area contributed by atoms with Gasteiger partial charge in [-0.15, -0.1) is 0 Å². The third-order valence-corrected chi connectivity index (χ3v) is 3.33. The van der Waals surface area contributed by atoms with E-state index in [4.69, 9.17) is 23.2 Å². The van der Waals surface area contributed by atoms with E-state index in [-0.39, 0.29) is 6.04 Å². The van der Waals surface area contributed by atoms with Crippen LogP contribution in [0.1, 0.15) is 19.8 Å². The van der Waals surface area contributed by atoms with Gasteiger partial charge < -0.3 is 10.4 Å². The fraction of sp³-hybridized carbons (Fsp3) is 0.455. The van der Waals surface area contributed by atoms with Crippen molar-refractivity contribution in [2.24, 2.45) is 0 Å². The molecule has 0 heterocycles. The Bertz CT molecular complexity index is 359. The van der Waals surface area contributed by atoms with Gasteiger partial charge in [0.05, 0.1) is 11.6 Å². The lowest BCUT2D eigenvalue weighted by atomic mass is 9.76. The Morgan fingerprint density at radius 2 is 1.93 bits per heavy atom. The van der Waals surface area contributed by atoms with Crippen LogP contribution in [0.2, 0.25) is 10.0 Å². The van der Waals surface area contributed by atoms with Crippen molar-refractivity contribution in [3.63, 3.8) is 0 Å². The molecule has 1 aliphatic carbocycles. The molecule has 0 saturated heterocycles. The third-order valence-electron chi connectivity index (χ3n) is 2.89. The van der Waals surface area contributed by atoms with Crippen LogP contribution < -0.4 is 5.32 Å². The lowest BCUT2D eigenvalue weighted by molar-refractivity contribution is -0.0286. The topological polar surface area (TPSA) is 32.3 Å². The largest absolute Gasteiger partial charge is 0.388 e. The molecule has 15 heavy (non-hydrogen) atoms. The van der Waals surface area contributed by atoms with Crippen molar-refractivity contribution in [1.82, 2.24) is 0 Å². The minimum atomic E-state index is -0.616. The third kappa shape index (κ3) is 2.39. The maximum atomic E-state index is 9.84. The first-order valence-electron chi connectivity index (χ1n) is 4.92. The fourth-order valence-electron chi connectivity index (χ4n) is 1.77. The van der Waals surface area contributed by atoms with Gasteiger partial charge in [0.15, 0.2) is 0 Å². The van der Waals surface area contributed by atoms with Crippen LogP contribution in [0, 0.1) is 0 Å². The lowest BCUT2D eigenvalue weighted by Gasteiger charge is -2.43. The number of benzene rings is 1. The van der Waals surface area contributed by atoms with Gasteiger partial charge in [-0.3, -0.25) is 0 Å². The molecule has 2 N–H and O–H groups in total. The van der Waals surface area contributed by atoms with Crippen LogP contribution in [0.4, 0.5) is 5.69 Å². The highest BCUT2D eigenvalue weighted by Crippen LogP contribution is 2.35. The highest BCUT2D eigenvalue weighted by atomic mass is 35.5. The van der Waals surface area contributed by atoms with Crippen molar-refractivity contribution in [2.45, 2.75) is 31.4 Å². The number of anilines is 1. The van der Waals surface area contributed by atoms with E-state index in [1.165, 1.54) is 0 Å². The zero-order valence-electron chi connectivity index (χ0n) is 8.43. The average molecular weight is 246 g/mol. The number of rotatable bonds is 2.